The summed E-state index contributed by atoms with van der Waals surface area (Å²) in [6, 6.07) is 27.1. The van der Waals surface area contributed by atoms with Crippen molar-refractivity contribution in [1.29, 1.82) is 0 Å². The SMILES string of the molecule is CCOc1cccc(C(=O)NCc2cn(-c3ccccc3)nc2-c2ccccc2)c1. The van der Waals surface area contributed by atoms with Gasteiger partial charge in [-0.1, -0.05) is 54.6 Å². The molecule has 5 nitrogen and oxygen atoms in total. The number of carbonyl (C=O) groups is 1. The Morgan fingerprint density at radius 1 is 0.967 bits per heavy atom. The van der Waals surface area contributed by atoms with Crippen molar-refractivity contribution in [3.05, 3.63) is 102 Å². The molecule has 1 heterocycles. The predicted octanol–water partition coefficient (Wildman–Crippen LogP) is 4.87. The summed E-state index contributed by atoms with van der Waals surface area (Å²) in [5, 5.41) is 7.80. The first-order valence-electron chi connectivity index (χ1n) is 9.95. The highest BCUT2D eigenvalue weighted by atomic mass is 16.5. The molecule has 150 valence electrons. The van der Waals surface area contributed by atoms with Gasteiger partial charge in [-0.05, 0) is 37.3 Å². The molecule has 30 heavy (non-hydrogen) atoms. The number of hydrogen-bond donors (Lipinski definition) is 1. The molecule has 4 aromatic rings. The lowest BCUT2D eigenvalue weighted by Crippen LogP contribution is -2.22. The van der Waals surface area contributed by atoms with Crippen molar-refractivity contribution in [2.75, 3.05) is 6.61 Å². The molecule has 0 unspecified atom stereocenters. The lowest BCUT2D eigenvalue weighted by atomic mass is 10.1. The Balaban J connectivity index is 1.59. The fourth-order valence-corrected chi connectivity index (χ4v) is 3.26. The van der Waals surface area contributed by atoms with Gasteiger partial charge in [0.2, 0.25) is 0 Å². The van der Waals surface area contributed by atoms with E-state index in [1.54, 1.807) is 12.1 Å². The number of hydrogen-bond acceptors (Lipinski definition) is 3. The second kappa shape index (κ2) is 9.09. The Morgan fingerprint density at radius 2 is 1.70 bits per heavy atom. The van der Waals surface area contributed by atoms with Crippen LogP contribution in [-0.4, -0.2) is 22.3 Å². The molecule has 5 heteroatoms. The van der Waals surface area contributed by atoms with Gasteiger partial charge in [0.25, 0.3) is 5.91 Å². The molecule has 0 fully saturated rings. The van der Waals surface area contributed by atoms with Gasteiger partial charge in [-0.15, -0.1) is 0 Å². The minimum absolute atomic E-state index is 0.150. The van der Waals surface area contributed by atoms with E-state index in [2.05, 4.69) is 5.32 Å². The van der Waals surface area contributed by atoms with Crippen LogP contribution in [0.1, 0.15) is 22.8 Å². The molecule has 0 aliphatic heterocycles. The van der Waals surface area contributed by atoms with Crippen LogP contribution in [0.5, 0.6) is 5.75 Å². The summed E-state index contributed by atoms with van der Waals surface area (Å²) in [5.74, 6) is 0.537. The van der Waals surface area contributed by atoms with E-state index in [0.717, 1.165) is 22.5 Å². The van der Waals surface area contributed by atoms with E-state index in [0.29, 0.717) is 24.5 Å². The second-order valence-corrected chi connectivity index (χ2v) is 6.79. The molecule has 0 bridgehead atoms. The van der Waals surface area contributed by atoms with E-state index in [1.165, 1.54) is 0 Å². The zero-order chi connectivity index (χ0) is 20.8. The Labute approximate surface area is 175 Å². The quantitative estimate of drug-likeness (QED) is 0.484. The van der Waals surface area contributed by atoms with E-state index in [4.69, 9.17) is 9.84 Å². The average Bonchev–Trinajstić information content (AvgIpc) is 3.23. The summed E-state index contributed by atoms with van der Waals surface area (Å²) in [4.78, 5) is 12.7. The zero-order valence-corrected chi connectivity index (χ0v) is 16.8. The van der Waals surface area contributed by atoms with E-state index in [-0.39, 0.29) is 5.91 Å². The third-order valence-corrected chi connectivity index (χ3v) is 4.70. The van der Waals surface area contributed by atoms with Gasteiger partial charge in [0, 0.05) is 29.4 Å². The van der Waals surface area contributed by atoms with Gasteiger partial charge in [-0.25, -0.2) is 4.68 Å². The number of amides is 1. The molecule has 0 aliphatic carbocycles. The van der Waals surface area contributed by atoms with Crippen LogP contribution in [0.4, 0.5) is 0 Å². The van der Waals surface area contributed by atoms with Crippen molar-refractivity contribution in [3.8, 4) is 22.7 Å². The highest BCUT2D eigenvalue weighted by Crippen LogP contribution is 2.24. The van der Waals surface area contributed by atoms with Crippen LogP contribution in [-0.2, 0) is 6.54 Å². The molecule has 1 aromatic heterocycles. The van der Waals surface area contributed by atoms with Gasteiger partial charge in [0.15, 0.2) is 0 Å². The first-order chi connectivity index (χ1) is 14.7. The first-order valence-corrected chi connectivity index (χ1v) is 9.95. The van der Waals surface area contributed by atoms with Crippen molar-refractivity contribution < 1.29 is 9.53 Å². The average molecular weight is 397 g/mol. The summed E-state index contributed by atoms with van der Waals surface area (Å²) in [6.07, 6.45) is 1.97. The number of ether oxygens (including phenoxy) is 1. The van der Waals surface area contributed by atoms with E-state index >= 15 is 0 Å². The van der Waals surface area contributed by atoms with Gasteiger partial charge in [-0.2, -0.15) is 5.10 Å². The minimum atomic E-state index is -0.150. The Bertz CT molecular complexity index is 1120. The van der Waals surface area contributed by atoms with Crippen LogP contribution >= 0.6 is 0 Å². The van der Waals surface area contributed by atoms with Gasteiger partial charge in [0.05, 0.1) is 18.0 Å². The number of carbonyl (C=O) groups excluding carboxylic acids is 1. The summed E-state index contributed by atoms with van der Waals surface area (Å²) in [6.45, 7) is 2.85. The fraction of sp³-hybridized carbons (Fsp3) is 0.120. The topological polar surface area (TPSA) is 56.1 Å². The molecule has 3 aromatic carbocycles. The summed E-state index contributed by atoms with van der Waals surface area (Å²) in [7, 11) is 0. The third kappa shape index (κ3) is 4.41. The van der Waals surface area contributed by atoms with Gasteiger partial charge in [0.1, 0.15) is 5.75 Å². The molecule has 1 N–H and O–H groups in total. The molecular formula is C25H23N3O2. The lowest BCUT2D eigenvalue weighted by Gasteiger charge is -2.08. The Kier molecular flexibility index (Phi) is 5.90. The van der Waals surface area contributed by atoms with Crippen LogP contribution in [0.25, 0.3) is 16.9 Å². The monoisotopic (exact) mass is 397 g/mol. The predicted molar refractivity (Wildman–Crippen MR) is 118 cm³/mol. The molecule has 0 atom stereocenters. The maximum atomic E-state index is 12.7. The van der Waals surface area contributed by atoms with Crippen molar-refractivity contribution in [2.45, 2.75) is 13.5 Å². The maximum Gasteiger partial charge on any atom is 0.251 e. The van der Waals surface area contributed by atoms with Crippen LogP contribution < -0.4 is 10.1 Å². The third-order valence-electron chi connectivity index (χ3n) is 4.70. The van der Waals surface area contributed by atoms with Crippen LogP contribution in [0, 0.1) is 0 Å². The molecule has 0 aliphatic rings. The smallest absolute Gasteiger partial charge is 0.251 e. The Morgan fingerprint density at radius 3 is 2.43 bits per heavy atom. The van der Waals surface area contributed by atoms with Crippen LogP contribution in [0.15, 0.2) is 91.1 Å². The zero-order valence-electron chi connectivity index (χ0n) is 16.8. The largest absolute Gasteiger partial charge is 0.494 e. The second-order valence-electron chi connectivity index (χ2n) is 6.79. The van der Waals surface area contributed by atoms with Crippen molar-refractivity contribution >= 4 is 5.91 Å². The van der Waals surface area contributed by atoms with Crippen LogP contribution in [0.3, 0.4) is 0 Å². The van der Waals surface area contributed by atoms with Crippen molar-refractivity contribution in [2.24, 2.45) is 0 Å². The molecule has 0 spiro atoms. The number of para-hydroxylation sites is 1. The highest BCUT2D eigenvalue weighted by Gasteiger charge is 2.14. The number of aromatic nitrogens is 2. The fourth-order valence-electron chi connectivity index (χ4n) is 3.26. The number of rotatable bonds is 7. The molecule has 1 amide bonds. The minimum Gasteiger partial charge on any atom is -0.494 e. The number of nitrogens with one attached hydrogen (secondary N) is 1. The normalized spacial score (nSPS) is 10.6. The molecule has 0 saturated carbocycles. The van der Waals surface area contributed by atoms with E-state index in [9.17, 15) is 4.79 Å². The molecule has 0 saturated heterocycles. The van der Waals surface area contributed by atoms with Crippen LogP contribution in [0.2, 0.25) is 0 Å². The van der Waals surface area contributed by atoms with E-state index < -0.39 is 0 Å². The van der Waals surface area contributed by atoms with Gasteiger partial charge >= 0.3 is 0 Å². The first kappa shape index (κ1) is 19.5. The van der Waals surface area contributed by atoms with E-state index in [1.807, 2.05) is 90.6 Å². The molecular weight excluding hydrogens is 374 g/mol. The summed E-state index contributed by atoms with van der Waals surface area (Å²) >= 11 is 0. The Hall–Kier alpha value is -3.86. The summed E-state index contributed by atoms with van der Waals surface area (Å²) in [5.41, 5.74) is 4.34. The lowest BCUT2D eigenvalue weighted by molar-refractivity contribution is 0.0950. The maximum absolute atomic E-state index is 12.7. The highest BCUT2D eigenvalue weighted by molar-refractivity contribution is 5.94. The molecule has 4 rings (SSSR count). The summed E-state index contributed by atoms with van der Waals surface area (Å²) < 4.78 is 7.34. The standard InChI is InChI=1S/C25H23N3O2/c1-2-30-23-15-9-12-20(16-23)25(29)26-17-21-18-28(22-13-7-4-8-14-22)27-24(21)19-10-5-3-6-11-19/h3-16,18H,2,17H2,1H3,(H,26,29). The van der Waals surface area contributed by atoms with Crippen molar-refractivity contribution in [3.63, 3.8) is 0 Å². The van der Waals surface area contributed by atoms with Crippen molar-refractivity contribution in [1.82, 2.24) is 15.1 Å². The number of benzene rings is 3. The van der Waals surface area contributed by atoms with Gasteiger partial charge < -0.3 is 10.1 Å². The molecule has 0 radical (unpaired) electrons. The number of nitrogens with zero attached hydrogens (tertiary/aromatic N) is 2. The van der Waals surface area contributed by atoms with Gasteiger partial charge in [-0.3, -0.25) is 4.79 Å².